The Morgan fingerprint density at radius 3 is 3.09 bits per heavy atom. The van der Waals surface area contributed by atoms with Crippen LogP contribution >= 0.6 is 11.3 Å². The Balaban J connectivity index is 1.52. The number of nitrogen functional groups attached to an aromatic ring is 1. The number of nitrogens with two attached hydrogens (primary N) is 1. The van der Waals surface area contributed by atoms with E-state index in [1.807, 2.05) is 0 Å². The molecular formula is C14H16N4O3S. The molecule has 2 aliphatic heterocycles. The average molecular weight is 320 g/mol. The van der Waals surface area contributed by atoms with Crippen molar-refractivity contribution in [1.29, 1.82) is 0 Å². The number of aromatic nitrogens is 2. The number of carbonyl (C=O) groups excluding carboxylic acids is 1. The first-order chi connectivity index (χ1) is 10.7. The van der Waals surface area contributed by atoms with Crippen LogP contribution in [0, 0.1) is 0 Å². The molecule has 4 heterocycles. The molecule has 22 heavy (non-hydrogen) atoms. The number of hydrogen-bond donors (Lipinski definition) is 1. The molecule has 8 heteroatoms. The molecule has 0 aliphatic carbocycles. The number of rotatable bonds is 2. The summed E-state index contributed by atoms with van der Waals surface area (Å²) in [5, 5.41) is 2.10. The van der Waals surface area contributed by atoms with Gasteiger partial charge in [0.1, 0.15) is 17.1 Å². The van der Waals surface area contributed by atoms with Crippen molar-refractivity contribution < 1.29 is 13.9 Å². The van der Waals surface area contributed by atoms with Crippen LogP contribution in [0.4, 0.5) is 5.13 Å². The lowest BCUT2D eigenvalue weighted by Crippen LogP contribution is -2.36. The van der Waals surface area contributed by atoms with Crippen molar-refractivity contribution in [2.45, 2.75) is 25.3 Å². The van der Waals surface area contributed by atoms with Crippen LogP contribution in [-0.2, 0) is 17.7 Å². The normalized spacial score (nSPS) is 21.1. The molecule has 1 amide bonds. The molecule has 1 atom stereocenters. The summed E-state index contributed by atoms with van der Waals surface area (Å²) in [6, 6.07) is 0. The molecule has 116 valence electrons. The van der Waals surface area contributed by atoms with Gasteiger partial charge in [-0.05, 0) is 6.42 Å². The van der Waals surface area contributed by atoms with E-state index in [-0.39, 0.29) is 11.8 Å². The van der Waals surface area contributed by atoms with Gasteiger partial charge in [0, 0.05) is 25.0 Å². The molecule has 0 spiro atoms. The minimum Gasteiger partial charge on any atom is -0.445 e. The third-order valence-corrected chi connectivity index (χ3v) is 4.73. The van der Waals surface area contributed by atoms with Gasteiger partial charge >= 0.3 is 0 Å². The second-order valence-electron chi connectivity index (χ2n) is 5.53. The molecule has 4 rings (SSSR count). The molecular weight excluding hydrogens is 304 g/mol. The maximum atomic E-state index is 12.4. The second-order valence-corrected chi connectivity index (χ2v) is 6.42. The lowest BCUT2D eigenvalue weighted by Gasteiger charge is -2.24. The Bertz CT molecular complexity index is 705. The first kappa shape index (κ1) is 13.7. The number of oxazole rings is 1. The molecule has 2 aliphatic rings. The van der Waals surface area contributed by atoms with Crippen molar-refractivity contribution in [2.75, 3.05) is 25.5 Å². The standard InChI is InChI=1S/C14H16N4O3S/c15-14-17-10(7-22-14)13(19)18-3-1-11-9(5-18)16-12(21-11)8-2-4-20-6-8/h7-8H,1-6H2,(H2,15,17). The van der Waals surface area contributed by atoms with E-state index in [2.05, 4.69) is 9.97 Å². The molecule has 1 unspecified atom stereocenters. The second kappa shape index (κ2) is 5.36. The van der Waals surface area contributed by atoms with Gasteiger partial charge in [-0.25, -0.2) is 9.97 Å². The van der Waals surface area contributed by atoms with E-state index < -0.39 is 0 Å². The van der Waals surface area contributed by atoms with Gasteiger partial charge in [0.15, 0.2) is 11.0 Å². The van der Waals surface area contributed by atoms with Gasteiger partial charge in [-0.15, -0.1) is 11.3 Å². The zero-order valence-corrected chi connectivity index (χ0v) is 12.8. The van der Waals surface area contributed by atoms with Gasteiger partial charge in [0.25, 0.3) is 5.91 Å². The summed E-state index contributed by atoms with van der Waals surface area (Å²) >= 11 is 1.27. The molecule has 0 aromatic carbocycles. The lowest BCUT2D eigenvalue weighted by molar-refractivity contribution is 0.0723. The van der Waals surface area contributed by atoms with Crippen LogP contribution in [0.2, 0.25) is 0 Å². The van der Waals surface area contributed by atoms with E-state index in [9.17, 15) is 4.79 Å². The first-order valence-electron chi connectivity index (χ1n) is 7.27. The fraction of sp³-hybridized carbons (Fsp3) is 0.500. The van der Waals surface area contributed by atoms with Crippen molar-refractivity contribution in [2.24, 2.45) is 0 Å². The first-order valence-corrected chi connectivity index (χ1v) is 8.15. The Morgan fingerprint density at radius 2 is 2.36 bits per heavy atom. The van der Waals surface area contributed by atoms with Crippen LogP contribution in [-0.4, -0.2) is 40.5 Å². The minimum absolute atomic E-state index is 0.104. The maximum absolute atomic E-state index is 12.4. The van der Waals surface area contributed by atoms with Crippen LogP contribution in [0.5, 0.6) is 0 Å². The number of fused-ring (bicyclic) bond motifs is 1. The summed E-state index contributed by atoms with van der Waals surface area (Å²) < 4.78 is 11.2. The van der Waals surface area contributed by atoms with E-state index in [4.69, 9.17) is 14.9 Å². The number of anilines is 1. The smallest absolute Gasteiger partial charge is 0.273 e. The third-order valence-electron chi connectivity index (χ3n) is 4.05. The molecule has 7 nitrogen and oxygen atoms in total. The fourth-order valence-corrected chi connectivity index (χ4v) is 3.38. The predicted octanol–water partition coefficient (Wildman–Crippen LogP) is 1.42. The van der Waals surface area contributed by atoms with Crippen molar-refractivity contribution in [1.82, 2.24) is 14.9 Å². The Morgan fingerprint density at radius 1 is 1.45 bits per heavy atom. The van der Waals surface area contributed by atoms with Crippen molar-refractivity contribution >= 4 is 22.4 Å². The average Bonchev–Trinajstić information content (AvgIpc) is 3.25. The van der Waals surface area contributed by atoms with Gasteiger partial charge in [0.2, 0.25) is 0 Å². The van der Waals surface area contributed by atoms with Gasteiger partial charge in [-0.3, -0.25) is 4.79 Å². The summed E-state index contributed by atoms with van der Waals surface area (Å²) in [5.74, 6) is 1.78. The Kier molecular flexibility index (Phi) is 3.34. The van der Waals surface area contributed by atoms with E-state index in [1.165, 1.54) is 11.3 Å². The molecule has 2 N–H and O–H groups in total. The van der Waals surface area contributed by atoms with Crippen LogP contribution in [0.3, 0.4) is 0 Å². The van der Waals surface area contributed by atoms with Crippen LogP contribution < -0.4 is 5.73 Å². The largest absolute Gasteiger partial charge is 0.445 e. The van der Waals surface area contributed by atoms with Gasteiger partial charge in [0.05, 0.1) is 19.1 Å². The molecule has 0 saturated carbocycles. The highest BCUT2D eigenvalue weighted by molar-refractivity contribution is 7.13. The van der Waals surface area contributed by atoms with E-state index in [0.717, 1.165) is 30.4 Å². The lowest BCUT2D eigenvalue weighted by atomic mass is 10.1. The number of amides is 1. The number of ether oxygens (including phenoxy) is 1. The summed E-state index contributed by atoms with van der Waals surface area (Å²) in [6.45, 7) is 2.50. The maximum Gasteiger partial charge on any atom is 0.273 e. The topological polar surface area (TPSA) is 94.5 Å². The molecule has 0 bridgehead atoms. The van der Waals surface area contributed by atoms with Crippen LogP contribution in [0.15, 0.2) is 9.80 Å². The molecule has 1 saturated heterocycles. The molecule has 1 fully saturated rings. The van der Waals surface area contributed by atoms with Gasteiger partial charge < -0.3 is 19.8 Å². The zero-order valence-electron chi connectivity index (χ0n) is 11.9. The highest BCUT2D eigenvalue weighted by Crippen LogP contribution is 2.29. The molecule has 0 radical (unpaired) electrons. The number of hydrogen-bond acceptors (Lipinski definition) is 7. The highest BCUT2D eigenvalue weighted by atomic mass is 32.1. The highest BCUT2D eigenvalue weighted by Gasteiger charge is 2.30. The van der Waals surface area contributed by atoms with Crippen molar-refractivity contribution in [3.8, 4) is 0 Å². The zero-order chi connectivity index (χ0) is 15.1. The fourth-order valence-electron chi connectivity index (χ4n) is 2.84. The SMILES string of the molecule is Nc1nc(C(=O)N2CCc3oc(C4CCOC4)nc3C2)cs1. The van der Waals surface area contributed by atoms with Crippen molar-refractivity contribution in [3.63, 3.8) is 0 Å². The number of nitrogens with zero attached hydrogens (tertiary/aromatic N) is 3. The summed E-state index contributed by atoms with van der Waals surface area (Å²) in [4.78, 5) is 22.8. The molecule has 2 aromatic heterocycles. The minimum atomic E-state index is -0.104. The monoisotopic (exact) mass is 320 g/mol. The summed E-state index contributed by atoms with van der Waals surface area (Å²) in [7, 11) is 0. The Labute approximate surface area is 131 Å². The number of carbonyl (C=O) groups is 1. The quantitative estimate of drug-likeness (QED) is 0.899. The van der Waals surface area contributed by atoms with E-state index in [0.29, 0.717) is 36.9 Å². The van der Waals surface area contributed by atoms with Crippen molar-refractivity contribution in [3.05, 3.63) is 28.4 Å². The molecule has 2 aromatic rings. The third kappa shape index (κ3) is 2.38. The van der Waals surface area contributed by atoms with Crippen LogP contribution in [0.1, 0.15) is 40.2 Å². The predicted molar refractivity (Wildman–Crippen MR) is 79.7 cm³/mol. The number of thiazole rings is 1. The van der Waals surface area contributed by atoms with E-state index in [1.54, 1.807) is 10.3 Å². The van der Waals surface area contributed by atoms with Crippen LogP contribution in [0.25, 0.3) is 0 Å². The summed E-state index contributed by atoms with van der Waals surface area (Å²) in [6.07, 6.45) is 1.63. The van der Waals surface area contributed by atoms with E-state index >= 15 is 0 Å². The van der Waals surface area contributed by atoms with Gasteiger partial charge in [-0.2, -0.15) is 0 Å². The Hall–Kier alpha value is -1.93. The van der Waals surface area contributed by atoms with Gasteiger partial charge in [-0.1, -0.05) is 0 Å². The summed E-state index contributed by atoms with van der Waals surface area (Å²) in [5.41, 5.74) is 6.85.